The first kappa shape index (κ1) is 19.8. The number of carbonyl (C=O) groups is 1. The van der Waals surface area contributed by atoms with E-state index in [9.17, 15) is 9.18 Å². The molecule has 0 saturated carbocycles. The van der Waals surface area contributed by atoms with E-state index in [1.807, 2.05) is 5.38 Å². The minimum atomic E-state index is -0.331. The van der Waals surface area contributed by atoms with Crippen molar-refractivity contribution in [3.63, 3.8) is 0 Å². The van der Waals surface area contributed by atoms with Crippen molar-refractivity contribution in [3.8, 4) is 11.3 Å². The molecule has 8 heteroatoms. The Balaban J connectivity index is 1.27. The van der Waals surface area contributed by atoms with Crippen molar-refractivity contribution in [1.82, 2.24) is 9.88 Å². The summed E-state index contributed by atoms with van der Waals surface area (Å²) in [6, 6.07) is 9.96. The zero-order valence-electron chi connectivity index (χ0n) is 15.9. The van der Waals surface area contributed by atoms with E-state index >= 15 is 0 Å². The van der Waals surface area contributed by atoms with Crippen molar-refractivity contribution in [2.45, 2.75) is 19.4 Å². The van der Waals surface area contributed by atoms with Gasteiger partial charge in [0.1, 0.15) is 17.3 Å². The molecule has 0 bridgehead atoms. The summed E-state index contributed by atoms with van der Waals surface area (Å²) in [5, 5.41) is 5.41. The molecule has 1 aliphatic rings. The molecule has 0 spiro atoms. The molecule has 1 fully saturated rings. The molecule has 6 nitrogen and oxygen atoms in total. The zero-order valence-corrected chi connectivity index (χ0v) is 16.7. The number of carbonyl (C=O) groups excluding carboxylic acids is 1. The Morgan fingerprint density at radius 2 is 2.03 bits per heavy atom. The van der Waals surface area contributed by atoms with Crippen LogP contribution in [0.15, 0.2) is 46.2 Å². The van der Waals surface area contributed by atoms with E-state index in [4.69, 9.17) is 9.15 Å². The number of furan rings is 1. The summed E-state index contributed by atoms with van der Waals surface area (Å²) in [5.41, 5.74) is 1.37. The number of nitrogens with one attached hydrogen (secondary N) is 1. The lowest BCUT2D eigenvalue weighted by atomic mass is 10.1. The molecule has 0 radical (unpaired) electrons. The number of aromatic nitrogens is 1. The summed E-state index contributed by atoms with van der Waals surface area (Å²) >= 11 is 1.43. The molecule has 1 saturated heterocycles. The SMILES string of the molecule is O=C(CCc1ccc(-c2ccccc2F)o1)Nc1nc(CN2CCOCC2)cs1. The highest BCUT2D eigenvalue weighted by atomic mass is 32.1. The van der Waals surface area contributed by atoms with E-state index in [0.29, 0.717) is 28.6 Å². The van der Waals surface area contributed by atoms with Crippen LogP contribution in [0.4, 0.5) is 9.52 Å². The van der Waals surface area contributed by atoms with Crippen LogP contribution in [-0.2, 0) is 22.5 Å². The summed E-state index contributed by atoms with van der Waals surface area (Å²) in [7, 11) is 0. The van der Waals surface area contributed by atoms with Crippen molar-refractivity contribution in [2.24, 2.45) is 0 Å². The molecule has 29 heavy (non-hydrogen) atoms. The first-order valence-corrected chi connectivity index (χ1v) is 10.4. The Morgan fingerprint density at radius 3 is 2.86 bits per heavy atom. The second-order valence-corrected chi connectivity index (χ2v) is 7.68. The number of amides is 1. The third-order valence-corrected chi connectivity index (χ3v) is 5.49. The van der Waals surface area contributed by atoms with Crippen LogP contribution in [0, 0.1) is 5.82 Å². The molecule has 1 N–H and O–H groups in total. The molecule has 1 aliphatic heterocycles. The molecular formula is C21H22FN3O3S. The van der Waals surface area contributed by atoms with Gasteiger partial charge in [-0.05, 0) is 24.3 Å². The summed E-state index contributed by atoms with van der Waals surface area (Å²) in [6.07, 6.45) is 0.703. The Morgan fingerprint density at radius 1 is 1.21 bits per heavy atom. The van der Waals surface area contributed by atoms with Gasteiger partial charge in [0.25, 0.3) is 0 Å². The van der Waals surface area contributed by atoms with Gasteiger partial charge in [0.2, 0.25) is 5.91 Å². The van der Waals surface area contributed by atoms with Crippen molar-refractivity contribution >= 4 is 22.4 Å². The molecule has 4 rings (SSSR count). The van der Waals surface area contributed by atoms with E-state index in [2.05, 4.69) is 15.2 Å². The van der Waals surface area contributed by atoms with Gasteiger partial charge in [-0.25, -0.2) is 9.37 Å². The summed E-state index contributed by atoms with van der Waals surface area (Å²) < 4.78 is 24.9. The first-order chi connectivity index (χ1) is 14.2. The lowest BCUT2D eigenvalue weighted by molar-refractivity contribution is -0.116. The van der Waals surface area contributed by atoms with Crippen LogP contribution in [0.25, 0.3) is 11.3 Å². The topological polar surface area (TPSA) is 67.6 Å². The van der Waals surface area contributed by atoms with Crippen molar-refractivity contribution in [2.75, 3.05) is 31.6 Å². The Kier molecular flexibility index (Phi) is 6.33. The Hall–Kier alpha value is -2.55. The molecule has 0 atom stereocenters. The van der Waals surface area contributed by atoms with Gasteiger partial charge < -0.3 is 14.5 Å². The highest BCUT2D eigenvalue weighted by Crippen LogP contribution is 2.25. The monoisotopic (exact) mass is 415 g/mol. The summed E-state index contributed by atoms with van der Waals surface area (Å²) in [4.78, 5) is 19.0. The number of benzene rings is 1. The average molecular weight is 415 g/mol. The lowest BCUT2D eigenvalue weighted by Crippen LogP contribution is -2.35. The fourth-order valence-corrected chi connectivity index (χ4v) is 3.88. The van der Waals surface area contributed by atoms with Crippen LogP contribution < -0.4 is 5.32 Å². The van der Waals surface area contributed by atoms with Gasteiger partial charge in [0.05, 0.1) is 24.5 Å². The highest BCUT2D eigenvalue weighted by molar-refractivity contribution is 7.13. The fraction of sp³-hybridized carbons (Fsp3) is 0.333. The minimum Gasteiger partial charge on any atom is -0.461 e. The van der Waals surface area contributed by atoms with E-state index in [1.54, 1.807) is 30.3 Å². The van der Waals surface area contributed by atoms with Gasteiger partial charge in [0, 0.05) is 37.9 Å². The molecule has 2 aromatic heterocycles. The van der Waals surface area contributed by atoms with E-state index in [1.165, 1.54) is 17.4 Å². The number of anilines is 1. The Bertz CT molecular complexity index is 965. The molecule has 1 aromatic carbocycles. The normalized spacial score (nSPS) is 14.8. The fourth-order valence-electron chi connectivity index (χ4n) is 3.16. The summed E-state index contributed by atoms with van der Waals surface area (Å²) in [6.45, 7) is 4.06. The van der Waals surface area contributed by atoms with Gasteiger partial charge in [0.15, 0.2) is 5.13 Å². The number of ether oxygens (including phenoxy) is 1. The van der Waals surface area contributed by atoms with Gasteiger partial charge >= 0.3 is 0 Å². The lowest BCUT2D eigenvalue weighted by Gasteiger charge is -2.25. The predicted molar refractivity (Wildman–Crippen MR) is 109 cm³/mol. The van der Waals surface area contributed by atoms with Gasteiger partial charge in [-0.15, -0.1) is 11.3 Å². The largest absolute Gasteiger partial charge is 0.461 e. The van der Waals surface area contributed by atoms with Crippen LogP contribution in [0.1, 0.15) is 17.9 Å². The van der Waals surface area contributed by atoms with E-state index in [0.717, 1.165) is 38.5 Å². The van der Waals surface area contributed by atoms with Crippen molar-refractivity contribution in [1.29, 1.82) is 0 Å². The standard InChI is InChI=1S/C21H22FN3O3S/c22-18-4-2-1-3-17(18)19-7-5-16(28-19)6-8-20(26)24-21-23-15(14-29-21)13-25-9-11-27-12-10-25/h1-5,7,14H,6,8-13H2,(H,23,24,26). The number of hydrogen-bond donors (Lipinski definition) is 1. The first-order valence-electron chi connectivity index (χ1n) is 9.55. The van der Waals surface area contributed by atoms with Crippen LogP contribution in [-0.4, -0.2) is 42.1 Å². The quantitative estimate of drug-likeness (QED) is 0.633. The minimum absolute atomic E-state index is 0.124. The predicted octanol–water partition coefficient (Wildman–Crippen LogP) is 3.95. The van der Waals surface area contributed by atoms with Crippen LogP contribution in [0.2, 0.25) is 0 Å². The zero-order chi connectivity index (χ0) is 20.1. The second-order valence-electron chi connectivity index (χ2n) is 6.83. The molecule has 3 heterocycles. The van der Waals surface area contributed by atoms with Gasteiger partial charge in [-0.3, -0.25) is 9.69 Å². The molecule has 0 aliphatic carbocycles. The van der Waals surface area contributed by atoms with Crippen molar-refractivity contribution < 1.29 is 18.3 Å². The third-order valence-electron chi connectivity index (χ3n) is 4.69. The molecule has 0 unspecified atom stereocenters. The van der Waals surface area contributed by atoms with Crippen LogP contribution in [0.3, 0.4) is 0 Å². The van der Waals surface area contributed by atoms with Crippen LogP contribution in [0.5, 0.6) is 0 Å². The van der Waals surface area contributed by atoms with E-state index in [-0.39, 0.29) is 18.1 Å². The highest BCUT2D eigenvalue weighted by Gasteiger charge is 2.14. The maximum atomic E-state index is 13.9. The second kappa shape index (κ2) is 9.30. The van der Waals surface area contributed by atoms with Crippen molar-refractivity contribution in [3.05, 3.63) is 59.0 Å². The number of aryl methyl sites for hydroxylation is 1. The maximum absolute atomic E-state index is 13.9. The summed E-state index contributed by atoms with van der Waals surface area (Å²) in [5.74, 6) is 0.653. The number of nitrogens with zero attached hydrogens (tertiary/aromatic N) is 2. The molecule has 1 amide bonds. The van der Waals surface area contributed by atoms with Gasteiger partial charge in [-0.1, -0.05) is 12.1 Å². The van der Waals surface area contributed by atoms with Crippen LogP contribution >= 0.6 is 11.3 Å². The van der Waals surface area contributed by atoms with Gasteiger partial charge in [-0.2, -0.15) is 0 Å². The number of hydrogen-bond acceptors (Lipinski definition) is 6. The molecule has 3 aromatic rings. The average Bonchev–Trinajstić information content (AvgIpc) is 3.37. The number of halogens is 1. The number of morpholine rings is 1. The third kappa shape index (κ3) is 5.29. The molecular weight excluding hydrogens is 393 g/mol. The maximum Gasteiger partial charge on any atom is 0.226 e. The Labute approximate surface area is 172 Å². The molecule has 152 valence electrons. The number of rotatable bonds is 7. The smallest absolute Gasteiger partial charge is 0.226 e. The number of thiazole rings is 1. The van der Waals surface area contributed by atoms with E-state index < -0.39 is 0 Å².